The Morgan fingerprint density at radius 3 is 2.21 bits per heavy atom. The van der Waals surface area contributed by atoms with Crippen molar-refractivity contribution in [3.05, 3.63) is 30.3 Å². The largest absolute Gasteiger partial charge is 0.249 e. The van der Waals surface area contributed by atoms with Crippen LogP contribution >= 0.6 is 0 Å². The van der Waals surface area contributed by atoms with E-state index in [0.29, 0.717) is 5.69 Å². The van der Waals surface area contributed by atoms with Crippen molar-refractivity contribution in [2.24, 2.45) is 10.2 Å². The number of hydrogen-bond donors (Lipinski definition) is 0. The molecule has 4 heteroatoms. The predicted octanol–water partition coefficient (Wildman–Crippen LogP) is 2.58. The lowest BCUT2D eigenvalue weighted by molar-refractivity contribution is 0.720. The number of nitriles is 2. The van der Waals surface area contributed by atoms with E-state index in [1.54, 1.807) is 24.3 Å². The summed E-state index contributed by atoms with van der Waals surface area (Å²) in [4.78, 5) is 0. The standard InChI is InChI=1S/C10H8N4/c1-10(7-11,8-12)14-13-9-5-3-2-4-6-9/h2-6H,1H3. The van der Waals surface area contributed by atoms with Crippen LogP contribution < -0.4 is 0 Å². The minimum Gasteiger partial charge on any atom is -0.194 e. The van der Waals surface area contributed by atoms with Crippen LogP contribution in [0.15, 0.2) is 40.6 Å². The molecular formula is C10H8N4. The van der Waals surface area contributed by atoms with Crippen LogP contribution in [0, 0.1) is 22.7 Å². The second-order valence-corrected chi connectivity index (χ2v) is 2.83. The van der Waals surface area contributed by atoms with E-state index in [2.05, 4.69) is 10.2 Å². The Morgan fingerprint density at radius 1 is 1.14 bits per heavy atom. The molecule has 0 atom stereocenters. The first-order valence-electron chi connectivity index (χ1n) is 4.01. The van der Waals surface area contributed by atoms with Gasteiger partial charge in [0.2, 0.25) is 5.54 Å². The van der Waals surface area contributed by atoms with Gasteiger partial charge < -0.3 is 0 Å². The monoisotopic (exact) mass is 184 g/mol. The Morgan fingerprint density at radius 2 is 1.71 bits per heavy atom. The number of azo groups is 1. The van der Waals surface area contributed by atoms with Crippen molar-refractivity contribution < 1.29 is 0 Å². The Bertz CT molecular complexity index is 394. The smallest absolute Gasteiger partial charge is 0.194 e. The topological polar surface area (TPSA) is 72.3 Å². The zero-order valence-corrected chi connectivity index (χ0v) is 7.68. The number of hydrogen-bond acceptors (Lipinski definition) is 4. The van der Waals surface area contributed by atoms with Gasteiger partial charge in [0.25, 0.3) is 0 Å². The lowest BCUT2D eigenvalue weighted by atomic mass is 10.1. The maximum atomic E-state index is 8.64. The summed E-state index contributed by atoms with van der Waals surface area (Å²) in [6, 6.07) is 12.5. The maximum absolute atomic E-state index is 8.64. The summed E-state index contributed by atoms with van der Waals surface area (Å²) in [6.45, 7) is 1.42. The molecule has 0 aliphatic carbocycles. The van der Waals surface area contributed by atoms with E-state index in [0.717, 1.165) is 0 Å². The van der Waals surface area contributed by atoms with Gasteiger partial charge in [-0.1, -0.05) is 18.2 Å². The molecule has 1 rings (SSSR count). The highest BCUT2D eigenvalue weighted by Gasteiger charge is 2.21. The molecule has 1 aromatic carbocycles. The second-order valence-electron chi connectivity index (χ2n) is 2.83. The van der Waals surface area contributed by atoms with Gasteiger partial charge in [-0.3, -0.25) is 0 Å². The summed E-state index contributed by atoms with van der Waals surface area (Å²) in [5.41, 5.74) is -0.764. The summed E-state index contributed by atoms with van der Waals surface area (Å²) in [5, 5.41) is 24.7. The molecule has 4 nitrogen and oxygen atoms in total. The SMILES string of the molecule is CC(C#N)(C#N)N=Nc1ccccc1. The third kappa shape index (κ3) is 2.40. The maximum Gasteiger partial charge on any atom is 0.249 e. The van der Waals surface area contributed by atoms with Crippen molar-refractivity contribution in [2.75, 3.05) is 0 Å². The van der Waals surface area contributed by atoms with Crippen molar-refractivity contribution in [1.29, 1.82) is 10.5 Å². The first kappa shape index (κ1) is 9.88. The fourth-order valence-corrected chi connectivity index (χ4v) is 0.722. The fourth-order valence-electron chi connectivity index (χ4n) is 0.722. The van der Waals surface area contributed by atoms with Crippen LogP contribution in [0.3, 0.4) is 0 Å². The van der Waals surface area contributed by atoms with E-state index < -0.39 is 5.54 Å². The highest BCUT2D eigenvalue weighted by atomic mass is 15.1. The van der Waals surface area contributed by atoms with Gasteiger partial charge in [0.1, 0.15) is 12.1 Å². The molecule has 0 bridgehead atoms. The number of nitrogens with zero attached hydrogens (tertiary/aromatic N) is 4. The van der Waals surface area contributed by atoms with Gasteiger partial charge in [-0.05, 0) is 19.1 Å². The van der Waals surface area contributed by atoms with Crippen LogP contribution in [0.1, 0.15) is 6.92 Å². The van der Waals surface area contributed by atoms with E-state index in [-0.39, 0.29) is 0 Å². The molecule has 0 unspecified atom stereocenters. The molecule has 0 saturated carbocycles. The highest BCUT2D eigenvalue weighted by molar-refractivity contribution is 5.35. The van der Waals surface area contributed by atoms with Crippen LogP contribution in [0.4, 0.5) is 5.69 Å². The zero-order chi connectivity index (χ0) is 10.4. The molecular weight excluding hydrogens is 176 g/mol. The Hall–Kier alpha value is -2.20. The summed E-state index contributed by atoms with van der Waals surface area (Å²) >= 11 is 0. The molecule has 68 valence electrons. The van der Waals surface area contributed by atoms with Gasteiger partial charge in [0.05, 0.1) is 5.69 Å². The first-order chi connectivity index (χ1) is 6.70. The zero-order valence-electron chi connectivity index (χ0n) is 7.68. The Kier molecular flexibility index (Phi) is 2.93. The molecule has 0 aromatic heterocycles. The van der Waals surface area contributed by atoms with E-state index in [9.17, 15) is 0 Å². The number of rotatable bonds is 2. The van der Waals surface area contributed by atoms with Crippen molar-refractivity contribution in [2.45, 2.75) is 12.5 Å². The summed E-state index contributed by atoms with van der Waals surface area (Å²) < 4.78 is 0. The van der Waals surface area contributed by atoms with Crippen LogP contribution in [-0.4, -0.2) is 5.54 Å². The van der Waals surface area contributed by atoms with Gasteiger partial charge in [-0.25, -0.2) is 0 Å². The van der Waals surface area contributed by atoms with Crippen LogP contribution in [0.5, 0.6) is 0 Å². The van der Waals surface area contributed by atoms with Gasteiger partial charge in [-0.15, -0.1) is 0 Å². The van der Waals surface area contributed by atoms with Crippen molar-refractivity contribution >= 4 is 5.69 Å². The molecule has 0 heterocycles. The summed E-state index contributed by atoms with van der Waals surface area (Å²) in [7, 11) is 0. The normalized spacial score (nSPS) is 10.8. The van der Waals surface area contributed by atoms with E-state index in [1.807, 2.05) is 18.2 Å². The summed E-state index contributed by atoms with van der Waals surface area (Å²) in [5.74, 6) is 0. The molecule has 0 N–H and O–H groups in total. The average molecular weight is 184 g/mol. The molecule has 0 amide bonds. The third-order valence-corrected chi connectivity index (χ3v) is 1.56. The molecule has 0 aliphatic rings. The Balaban J connectivity index is 2.86. The second kappa shape index (κ2) is 4.15. The number of benzene rings is 1. The molecule has 0 radical (unpaired) electrons. The minimum absolute atomic E-state index is 0.629. The molecule has 0 fully saturated rings. The van der Waals surface area contributed by atoms with Gasteiger partial charge >= 0.3 is 0 Å². The minimum atomic E-state index is -1.39. The van der Waals surface area contributed by atoms with E-state index in [1.165, 1.54) is 6.92 Å². The van der Waals surface area contributed by atoms with Gasteiger partial charge in [0.15, 0.2) is 0 Å². The van der Waals surface area contributed by atoms with Crippen LogP contribution in [-0.2, 0) is 0 Å². The van der Waals surface area contributed by atoms with E-state index >= 15 is 0 Å². The highest BCUT2D eigenvalue weighted by Crippen LogP contribution is 2.15. The molecule has 0 saturated heterocycles. The van der Waals surface area contributed by atoms with Crippen molar-refractivity contribution in [3.63, 3.8) is 0 Å². The fraction of sp³-hybridized carbons (Fsp3) is 0.200. The average Bonchev–Trinajstić information content (AvgIpc) is 2.27. The van der Waals surface area contributed by atoms with E-state index in [4.69, 9.17) is 10.5 Å². The summed E-state index contributed by atoms with van der Waals surface area (Å²) in [6.07, 6.45) is 0. The van der Waals surface area contributed by atoms with Crippen LogP contribution in [0.2, 0.25) is 0 Å². The lowest BCUT2D eigenvalue weighted by Crippen LogP contribution is -2.14. The molecule has 14 heavy (non-hydrogen) atoms. The van der Waals surface area contributed by atoms with Gasteiger partial charge in [-0.2, -0.15) is 20.8 Å². The lowest BCUT2D eigenvalue weighted by Gasteiger charge is -2.01. The Labute approximate surface area is 82.1 Å². The van der Waals surface area contributed by atoms with Gasteiger partial charge in [0, 0.05) is 0 Å². The van der Waals surface area contributed by atoms with Crippen molar-refractivity contribution in [1.82, 2.24) is 0 Å². The molecule has 0 aliphatic heterocycles. The van der Waals surface area contributed by atoms with Crippen molar-refractivity contribution in [3.8, 4) is 12.1 Å². The quantitative estimate of drug-likeness (QED) is 0.662. The molecule has 1 aromatic rings. The first-order valence-corrected chi connectivity index (χ1v) is 4.01. The van der Waals surface area contributed by atoms with Crippen LogP contribution in [0.25, 0.3) is 0 Å². The molecule has 0 spiro atoms. The predicted molar refractivity (Wildman–Crippen MR) is 50.6 cm³/mol. The third-order valence-electron chi connectivity index (χ3n) is 1.56.